The summed E-state index contributed by atoms with van der Waals surface area (Å²) in [7, 11) is -6.60. The van der Waals surface area contributed by atoms with E-state index in [0.717, 1.165) is 11.3 Å². The molecule has 14 nitrogen and oxygen atoms in total. The van der Waals surface area contributed by atoms with Gasteiger partial charge in [-0.2, -0.15) is 4.31 Å². The molecule has 2 aliphatic rings. The van der Waals surface area contributed by atoms with Crippen molar-refractivity contribution < 1.29 is 36.0 Å². The number of carbonyl (C=O) groups is 4. The second-order valence-corrected chi connectivity index (χ2v) is 21.9. The Morgan fingerprint density at radius 3 is 2.13 bits per heavy atom. The molecular formula is C38H56N6O8S3. The predicted molar refractivity (Wildman–Crippen MR) is 212 cm³/mol. The highest BCUT2D eigenvalue weighted by Gasteiger charge is 2.62. The third-order valence-electron chi connectivity index (χ3n) is 10.5. The normalized spacial score (nSPS) is 22.8. The third kappa shape index (κ3) is 9.78. The zero-order chi connectivity index (χ0) is 41.3. The minimum Gasteiger partial charge on any atom is -0.339 e. The number of benzene rings is 1. The second kappa shape index (κ2) is 16.4. The molecule has 2 heterocycles. The fourth-order valence-corrected chi connectivity index (χ4v) is 10.3. The Balaban J connectivity index is 1.56. The number of hydrogen-bond acceptors (Lipinski definition) is 9. The van der Waals surface area contributed by atoms with Gasteiger partial charge in [0.05, 0.1) is 4.90 Å². The van der Waals surface area contributed by atoms with E-state index in [9.17, 15) is 36.0 Å². The number of nitrogens with one attached hydrogen (secondary N) is 4. The van der Waals surface area contributed by atoms with E-state index in [0.29, 0.717) is 6.42 Å². The molecule has 4 rings (SSSR count). The molecule has 304 valence electrons. The van der Waals surface area contributed by atoms with E-state index in [2.05, 4.69) is 27.3 Å². The average molecular weight is 821 g/mol. The first-order valence-electron chi connectivity index (χ1n) is 18.3. The maximum Gasteiger partial charge on any atom is 0.315 e. The number of likely N-dealkylation sites (tertiary alicyclic amines) is 1. The van der Waals surface area contributed by atoms with Crippen LogP contribution in [-0.2, 0) is 34.4 Å². The van der Waals surface area contributed by atoms with Crippen molar-refractivity contribution in [3.05, 3.63) is 60.5 Å². The molecule has 1 aromatic carbocycles. The lowest BCUT2D eigenvalue weighted by Gasteiger charge is -2.38. The van der Waals surface area contributed by atoms with Gasteiger partial charge in [0, 0.05) is 32.1 Å². The van der Waals surface area contributed by atoms with Crippen LogP contribution in [0, 0.1) is 28.6 Å². The topological polar surface area (TPSA) is 191 Å². The Hall–Kier alpha value is -3.80. The van der Waals surface area contributed by atoms with Crippen LogP contribution in [0.1, 0.15) is 68.2 Å². The molecule has 2 fully saturated rings. The minimum atomic E-state index is -4.25. The molecule has 1 aromatic heterocycles. The molecule has 1 saturated carbocycles. The zero-order valence-electron chi connectivity index (χ0n) is 33.1. The molecule has 1 aliphatic carbocycles. The molecular weight excluding hydrogens is 765 g/mol. The Bertz CT molecular complexity index is 1960. The van der Waals surface area contributed by atoms with Gasteiger partial charge in [-0.1, -0.05) is 85.7 Å². The largest absolute Gasteiger partial charge is 0.339 e. The number of sulfonamides is 2. The number of urea groups is 1. The molecule has 0 spiro atoms. The quantitative estimate of drug-likeness (QED) is 0.206. The minimum absolute atomic E-state index is 0.0383. The molecule has 6 atom stereocenters. The van der Waals surface area contributed by atoms with Gasteiger partial charge >= 0.3 is 6.03 Å². The van der Waals surface area contributed by atoms with Crippen LogP contribution in [0.2, 0.25) is 0 Å². The standard InChI is InChI=1S/C38H56N6O8S3/c1-11-25-22-38(25,34(47)42-54(49,50)26-16-13-12-14-17-26)41-32(45)30-27(24(2)3)19-20-44(30)33(46)31(37(7,8)9)40-35(48)39-28(36(4,5)6)23-43(10)55(51,52)29-18-15-21-53-29/h11-18,21,24-25,27-28,30-31H,1,19-20,22-23H2,2-10H3,(H,41,45)(H,42,47)(H2,39,40,48)/t25-,27?,28?,30?,31-,38-/m1/s1. The zero-order valence-corrected chi connectivity index (χ0v) is 35.5. The summed E-state index contributed by atoms with van der Waals surface area (Å²) < 4.78 is 56.0. The van der Waals surface area contributed by atoms with E-state index in [1.54, 1.807) is 38.3 Å². The molecule has 1 aliphatic heterocycles. The molecule has 5 amide bonds. The maximum atomic E-state index is 14.6. The second-order valence-electron chi connectivity index (χ2n) is 17.0. The van der Waals surface area contributed by atoms with Crippen molar-refractivity contribution in [3.63, 3.8) is 0 Å². The van der Waals surface area contributed by atoms with Gasteiger partial charge in [-0.3, -0.25) is 14.4 Å². The number of amides is 5. The first kappa shape index (κ1) is 43.9. The molecule has 4 N–H and O–H groups in total. The number of rotatable bonds is 14. The van der Waals surface area contributed by atoms with Gasteiger partial charge in [0.2, 0.25) is 11.8 Å². The Labute approximate surface area is 330 Å². The van der Waals surface area contributed by atoms with Crippen LogP contribution in [-0.4, -0.2) is 93.6 Å². The fraction of sp³-hybridized carbons (Fsp3) is 0.579. The summed E-state index contributed by atoms with van der Waals surface area (Å²) in [6.07, 6.45) is 2.09. The molecule has 55 heavy (non-hydrogen) atoms. The predicted octanol–water partition coefficient (Wildman–Crippen LogP) is 3.94. The van der Waals surface area contributed by atoms with Crippen LogP contribution in [0.15, 0.2) is 69.6 Å². The highest BCUT2D eigenvalue weighted by atomic mass is 32.2. The highest BCUT2D eigenvalue weighted by Crippen LogP contribution is 2.46. The van der Waals surface area contributed by atoms with Crippen molar-refractivity contribution in [1.29, 1.82) is 0 Å². The lowest BCUT2D eigenvalue weighted by Crippen LogP contribution is -2.63. The van der Waals surface area contributed by atoms with Crippen molar-refractivity contribution in [2.24, 2.45) is 28.6 Å². The monoisotopic (exact) mass is 820 g/mol. The van der Waals surface area contributed by atoms with Crippen molar-refractivity contribution in [2.45, 2.75) is 101 Å². The van der Waals surface area contributed by atoms with Crippen LogP contribution in [0.4, 0.5) is 4.79 Å². The van der Waals surface area contributed by atoms with Gasteiger partial charge in [0.25, 0.3) is 26.0 Å². The summed E-state index contributed by atoms with van der Waals surface area (Å²) in [5, 5.41) is 10.2. The van der Waals surface area contributed by atoms with E-state index >= 15 is 0 Å². The number of nitrogens with zero attached hydrogens (tertiary/aromatic N) is 2. The van der Waals surface area contributed by atoms with E-state index in [1.165, 1.54) is 52.7 Å². The molecule has 0 radical (unpaired) electrons. The number of thiophene rings is 1. The molecule has 2 aromatic rings. The van der Waals surface area contributed by atoms with E-state index in [1.807, 2.05) is 34.6 Å². The van der Waals surface area contributed by atoms with Crippen LogP contribution in [0.3, 0.4) is 0 Å². The van der Waals surface area contributed by atoms with E-state index < -0.39 is 84.2 Å². The summed E-state index contributed by atoms with van der Waals surface area (Å²) in [4.78, 5) is 57.6. The van der Waals surface area contributed by atoms with Crippen LogP contribution in [0.5, 0.6) is 0 Å². The van der Waals surface area contributed by atoms with Gasteiger partial charge in [-0.25, -0.2) is 26.4 Å². The van der Waals surface area contributed by atoms with Gasteiger partial charge < -0.3 is 20.9 Å². The Kier molecular flexibility index (Phi) is 13.1. The Morgan fingerprint density at radius 2 is 1.62 bits per heavy atom. The SMILES string of the molecule is C=C[C@@H]1C[C@]1(NC(=O)C1C(C(C)C)CCN1C(=O)[C@@H](NC(=O)NC(CN(C)S(=O)(=O)c1cccs1)C(C)(C)C)C(C)(C)C)C(=O)NS(=O)(=O)c1ccccc1. The van der Waals surface area contributed by atoms with E-state index in [4.69, 9.17) is 0 Å². The van der Waals surface area contributed by atoms with Crippen LogP contribution < -0.4 is 20.7 Å². The summed E-state index contributed by atoms with van der Waals surface area (Å²) in [6.45, 7) is 18.8. The third-order valence-corrected chi connectivity index (χ3v) is 15.1. The maximum absolute atomic E-state index is 14.6. The molecule has 1 saturated heterocycles. The summed E-state index contributed by atoms with van der Waals surface area (Å²) in [6, 6.07) is 7.10. The van der Waals surface area contributed by atoms with Crippen molar-refractivity contribution >= 4 is 55.1 Å². The van der Waals surface area contributed by atoms with Gasteiger partial charge in [-0.05, 0) is 59.1 Å². The first-order valence-corrected chi connectivity index (χ1v) is 22.1. The smallest absolute Gasteiger partial charge is 0.315 e. The van der Waals surface area contributed by atoms with Crippen LogP contribution >= 0.6 is 11.3 Å². The van der Waals surface area contributed by atoms with Gasteiger partial charge in [0.15, 0.2) is 0 Å². The molecule has 17 heteroatoms. The molecule has 3 unspecified atom stereocenters. The lowest BCUT2D eigenvalue weighted by atomic mass is 9.84. The van der Waals surface area contributed by atoms with Crippen molar-refractivity contribution in [2.75, 3.05) is 20.1 Å². The summed E-state index contributed by atoms with van der Waals surface area (Å²) >= 11 is 1.10. The average Bonchev–Trinajstić information content (AvgIpc) is 3.42. The lowest BCUT2D eigenvalue weighted by molar-refractivity contribution is -0.144. The van der Waals surface area contributed by atoms with Gasteiger partial charge in [-0.15, -0.1) is 17.9 Å². The van der Waals surface area contributed by atoms with Crippen LogP contribution in [0.25, 0.3) is 0 Å². The van der Waals surface area contributed by atoms with Crippen molar-refractivity contribution in [1.82, 2.24) is 29.9 Å². The summed E-state index contributed by atoms with van der Waals surface area (Å²) in [5.74, 6) is -2.92. The fourth-order valence-electron chi connectivity index (χ4n) is 6.90. The Morgan fingerprint density at radius 1 is 0.982 bits per heavy atom. The molecule has 0 bridgehead atoms. The first-order chi connectivity index (χ1) is 25.4. The highest BCUT2D eigenvalue weighted by molar-refractivity contribution is 7.91. The van der Waals surface area contributed by atoms with Crippen molar-refractivity contribution in [3.8, 4) is 0 Å². The number of likely N-dealkylation sites (N-methyl/N-ethyl adjacent to an activating group) is 1. The number of carbonyl (C=O) groups excluding carboxylic acids is 4. The summed E-state index contributed by atoms with van der Waals surface area (Å²) in [5.41, 5.74) is -3.01. The number of hydrogen-bond donors (Lipinski definition) is 4. The van der Waals surface area contributed by atoms with Gasteiger partial charge in [0.1, 0.15) is 21.8 Å². The van der Waals surface area contributed by atoms with E-state index in [-0.39, 0.29) is 40.5 Å².